The van der Waals surface area contributed by atoms with E-state index in [1.54, 1.807) is 0 Å². The van der Waals surface area contributed by atoms with E-state index in [0.29, 0.717) is 5.02 Å². The Morgan fingerprint density at radius 2 is 2.04 bits per heavy atom. The van der Waals surface area contributed by atoms with Crippen molar-refractivity contribution in [3.63, 3.8) is 0 Å². The Hall–Kier alpha value is -2.92. The molecule has 0 bridgehead atoms. The quantitative estimate of drug-likeness (QED) is 0.567. The van der Waals surface area contributed by atoms with Gasteiger partial charge < -0.3 is 26.5 Å². The highest BCUT2D eigenvalue weighted by Gasteiger charge is 2.24. The second-order valence-electron chi connectivity index (χ2n) is 6.67. The van der Waals surface area contributed by atoms with Crippen LogP contribution in [0.15, 0.2) is 54.4 Å². The molecular formula is C22H25ClN4O. The topological polar surface area (TPSA) is 83.2 Å². The summed E-state index contributed by atoms with van der Waals surface area (Å²) < 4.78 is 6.32. The lowest BCUT2D eigenvalue weighted by molar-refractivity contribution is 0.197. The molecule has 1 atom stereocenters. The smallest absolute Gasteiger partial charge is 0.126 e. The number of hydrogen-bond acceptors (Lipinski definition) is 5. The maximum absolute atomic E-state index is 7.72. The summed E-state index contributed by atoms with van der Waals surface area (Å²) in [5.74, 6) is 0.765. The third-order valence-electron chi connectivity index (χ3n) is 4.65. The number of rotatable bonds is 5. The molecule has 1 aliphatic rings. The van der Waals surface area contributed by atoms with E-state index in [9.17, 15) is 0 Å². The summed E-state index contributed by atoms with van der Waals surface area (Å²) in [6.07, 6.45) is 3.78. The molecule has 146 valence electrons. The molecule has 2 aromatic carbocycles. The second-order valence-corrected chi connectivity index (χ2v) is 7.11. The average Bonchev–Trinajstić information content (AvgIpc) is 2.87. The molecule has 0 amide bonds. The molecule has 1 aliphatic heterocycles. The Labute approximate surface area is 170 Å². The van der Waals surface area contributed by atoms with Crippen molar-refractivity contribution < 1.29 is 4.74 Å². The molecule has 28 heavy (non-hydrogen) atoms. The average molecular weight is 397 g/mol. The van der Waals surface area contributed by atoms with Gasteiger partial charge in [0.2, 0.25) is 0 Å². The maximum atomic E-state index is 7.72. The van der Waals surface area contributed by atoms with Gasteiger partial charge in [0.05, 0.1) is 5.70 Å². The van der Waals surface area contributed by atoms with Gasteiger partial charge in [0.1, 0.15) is 11.9 Å². The van der Waals surface area contributed by atoms with Crippen molar-refractivity contribution in [1.82, 2.24) is 10.6 Å². The van der Waals surface area contributed by atoms with E-state index in [1.165, 1.54) is 6.21 Å². The van der Waals surface area contributed by atoms with E-state index < -0.39 is 0 Å². The Morgan fingerprint density at radius 3 is 2.68 bits per heavy atom. The van der Waals surface area contributed by atoms with Crippen molar-refractivity contribution in [2.45, 2.75) is 19.4 Å². The van der Waals surface area contributed by atoms with Crippen molar-refractivity contribution in [3.8, 4) is 5.75 Å². The summed E-state index contributed by atoms with van der Waals surface area (Å²) in [5.41, 5.74) is 11.6. The number of hydrogen-bond donors (Lipinski definition) is 4. The summed E-state index contributed by atoms with van der Waals surface area (Å²) >= 11 is 6.00. The molecule has 6 heteroatoms. The van der Waals surface area contributed by atoms with E-state index in [0.717, 1.165) is 52.4 Å². The van der Waals surface area contributed by atoms with E-state index in [4.69, 9.17) is 27.5 Å². The first-order chi connectivity index (χ1) is 13.5. The number of allylic oxidation sites excluding steroid dienone is 2. The fourth-order valence-corrected chi connectivity index (χ4v) is 3.46. The van der Waals surface area contributed by atoms with E-state index >= 15 is 0 Å². The molecule has 0 aromatic heterocycles. The van der Waals surface area contributed by atoms with Crippen LogP contribution in [0.4, 0.5) is 0 Å². The predicted molar refractivity (Wildman–Crippen MR) is 116 cm³/mol. The largest absolute Gasteiger partial charge is 0.486 e. The molecule has 5 N–H and O–H groups in total. The van der Waals surface area contributed by atoms with Gasteiger partial charge in [0.15, 0.2) is 0 Å². The van der Waals surface area contributed by atoms with Crippen molar-refractivity contribution >= 4 is 29.1 Å². The molecule has 0 aliphatic carbocycles. The third kappa shape index (κ3) is 4.31. The second kappa shape index (κ2) is 8.85. The Kier molecular flexibility index (Phi) is 6.26. The van der Waals surface area contributed by atoms with Crippen LogP contribution in [-0.2, 0) is 0 Å². The van der Waals surface area contributed by atoms with Gasteiger partial charge in [-0.05, 0) is 42.8 Å². The zero-order valence-corrected chi connectivity index (χ0v) is 16.8. The molecule has 5 nitrogen and oxygen atoms in total. The molecule has 0 radical (unpaired) electrons. The lowest BCUT2D eigenvalue weighted by atomic mass is 9.94. The van der Waals surface area contributed by atoms with E-state index in [2.05, 4.69) is 16.7 Å². The zero-order chi connectivity index (χ0) is 20.1. The highest BCUT2D eigenvalue weighted by Crippen LogP contribution is 2.35. The Balaban J connectivity index is 2.09. The van der Waals surface area contributed by atoms with Crippen molar-refractivity contribution in [3.05, 3.63) is 76.1 Å². The van der Waals surface area contributed by atoms with Crippen LogP contribution in [-0.4, -0.2) is 19.8 Å². The summed E-state index contributed by atoms with van der Waals surface area (Å²) in [6, 6.07) is 13.5. The minimum atomic E-state index is -0.151. The van der Waals surface area contributed by atoms with Crippen molar-refractivity contribution in [1.29, 1.82) is 5.41 Å². The van der Waals surface area contributed by atoms with Gasteiger partial charge in [0.25, 0.3) is 0 Å². The molecule has 0 fully saturated rings. The van der Waals surface area contributed by atoms with Gasteiger partial charge in [-0.1, -0.05) is 23.7 Å². The first-order valence-corrected chi connectivity index (χ1v) is 9.56. The van der Waals surface area contributed by atoms with Gasteiger partial charge in [-0.3, -0.25) is 0 Å². The van der Waals surface area contributed by atoms with Crippen LogP contribution >= 0.6 is 11.6 Å². The molecule has 1 unspecified atom stereocenters. The lowest BCUT2D eigenvalue weighted by Gasteiger charge is -2.21. The zero-order valence-electron chi connectivity index (χ0n) is 16.1. The molecular weight excluding hydrogens is 372 g/mol. The van der Waals surface area contributed by atoms with Gasteiger partial charge in [-0.25, -0.2) is 0 Å². The van der Waals surface area contributed by atoms with E-state index in [1.807, 2.05) is 56.6 Å². The Bertz CT molecular complexity index is 915. The summed E-state index contributed by atoms with van der Waals surface area (Å²) in [6.45, 7) is 2.64. The van der Waals surface area contributed by atoms with Gasteiger partial charge in [0, 0.05) is 59.8 Å². The van der Waals surface area contributed by atoms with Crippen molar-refractivity contribution in [2.24, 2.45) is 5.73 Å². The highest BCUT2D eigenvalue weighted by atomic mass is 35.5. The minimum Gasteiger partial charge on any atom is -0.486 e. The number of benzene rings is 2. The lowest BCUT2D eigenvalue weighted by Crippen LogP contribution is -2.16. The SMILES string of the molecule is CN/C=C(\C=N)c1ccc2c(c1)C(Oc1ccc(Cl)cc1)CCN/C2=C(/C)N. The molecule has 0 saturated carbocycles. The number of fused-ring (bicyclic) bond motifs is 1. The fourth-order valence-electron chi connectivity index (χ4n) is 3.33. The van der Waals surface area contributed by atoms with Gasteiger partial charge >= 0.3 is 0 Å². The molecule has 1 heterocycles. The van der Waals surface area contributed by atoms with Gasteiger partial charge in [-0.15, -0.1) is 0 Å². The van der Waals surface area contributed by atoms with Crippen LogP contribution in [0.3, 0.4) is 0 Å². The van der Waals surface area contributed by atoms with Crippen LogP contribution in [0.25, 0.3) is 11.3 Å². The predicted octanol–water partition coefficient (Wildman–Crippen LogP) is 4.31. The molecule has 2 aromatic rings. The van der Waals surface area contributed by atoms with Crippen LogP contribution < -0.4 is 21.1 Å². The number of ether oxygens (including phenoxy) is 1. The van der Waals surface area contributed by atoms with Crippen LogP contribution in [0.5, 0.6) is 5.75 Å². The Morgan fingerprint density at radius 1 is 1.29 bits per heavy atom. The minimum absolute atomic E-state index is 0.151. The van der Waals surface area contributed by atoms with Crippen LogP contribution in [0.1, 0.15) is 36.1 Å². The third-order valence-corrected chi connectivity index (χ3v) is 4.90. The number of nitrogens with one attached hydrogen (secondary N) is 3. The summed E-state index contributed by atoms with van der Waals surface area (Å²) in [7, 11) is 1.82. The molecule has 0 saturated heterocycles. The fraction of sp³-hybridized carbons (Fsp3) is 0.227. The first kappa shape index (κ1) is 19.8. The highest BCUT2D eigenvalue weighted by molar-refractivity contribution is 6.30. The first-order valence-electron chi connectivity index (χ1n) is 9.18. The number of nitrogens with two attached hydrogens (primary N) is 1. The number of halogens is 1. The van der Waals surface area contributed by atoms with Gasteiger partial charge in [-0.2, -0.15) is 0 Å². The summed E-state index contributed by atoms with van der Waals surface area (Å²) in [4.78, 5) is 0. The molecule has 0 spiro atoms. The normalized spacial score (nSPS) is 18.4. The monoisotopic (exact) mass is 396 g/mol. The van der Waals surface area contributed by atoms with Crippen LogP contribution in [0.2, 0.25) is 5.02 Å². The molecule has 3 rings (SSSR count). The van der Waals surface area contributed by atoms with E-state index in [-0.39, 0.29) is 6.10 Å². The van der Waals surface area contributed by atoms with Crippen molar-refractivity contribution in [2.75, 3.05) is 13.6 Å². The standard InChI is InChI=1S/C22H25ClN4O/c1-14(25)22-19-8-3-15(16(12-24)13-26-2)11-20(19)21(9-10-27-22)28-18-6-4-17(23)5-7-18/h3-8,11-13,21,24,26-27H,9-10,25H2,1-2H3/b16-13+,22-14-,24-12?. The summed E-state index contributed by atoms with van der Waals surface area (Å²) in [5, 5.41) is 14.8. The van der Waals surface area contributed by atoms with Crippen LogP contribution in [0, 0.1) is 5.41 Å². The maximum Gasteiger partial charge on any atom is 0.126 e.